The summed E-state index contributed by atoms with van der Waals surface area (Å²) in [6, 6.07) is 8.93. The van der Waals surface area contributed by atoms with Gasteiger partial charge in [-0.05, 0) is 25.1 Å². The van der Waals surface area contributed by atoms with Crippen LogP contribution in [-0.4, -0.2) is 53.2 Å². The Hall–Kier alpha value is -3.03. The molecular weight excluding hydrogens is 336 g/mol. The molecule has 3 rings (SSSR count). The summed E-state index contributed by atoms with van der Waals surface area (Å²) in [5.74, 6) is 1.01. The van der Waals surface area contributed by atoms with Crippen molar-refractivity contribution in [1.82, 2.24) is 20.4 Å². The van der Waals surface area contributed by atoms with Crippen LogP contribution < -0.4 is 14.8 Å². The number of aromatic amines is 1. The maximum atomic E-state index is 12.7. The van der Waals surface area contributed by atoms with Gasteiger partial charge in [-0.1, -0.05) is 12.1 Å². The van der Waals surface area contributed by atoms with Gasteiger partial charge in [-0.2, -0.15) is 5.10 Å². The zero-order chi connectivity index (χ0) is 18.5. The van der Waals surface area contributed by atoms with E-state index in [4.69, 9.17) is 9.47 Å². The number of para-hydroxylation sites is 2. The standard InChI is InChI=1S/C18H22N4O4/c1-12-10-19-17(23)7-8-22(12)18(24)14-9-13(20-21-14)11-26-16-6-4-3-5-15(16)25-2/h3-6,9,12H,7-8,10-11H2,1-2H3,(H,19,23)(H,20,21). The van der Waals surface area contributed by atoms with E-state index in [9.17, 15) is 9.59 Å². The number of amides is 2. The molecule has 8 nitrogen and oxygen atoms in total. The molecule has 26 heavy (non-hydrogen) atoms. The average Bonchev–Trinajstić information content (AvgIpc) is 3.07. The number of hydrogen-bond acceptors (Lipinski definition) is 5. The predicted octanol–water partition coefficient (Wildman–Crippen LogP) is 1.35. The minimum Gasteiger partial charge on any atom is -0.493 e. The van der Waals surface area contributed by atoms with Crippen molar-refractivity contribution in [2.45, 2.75) is 26.0 Å². The van der Waals surface area contributed by atoms with Gasteiger partial charge in [0.1, 0.15) is 6.61 Å². The van der Waals surface area contributed by atoms with Crippen LogP contribution in [0.25, 0.3) is 0 Å². The number of carbonyl (C=O) groups excluding carboxylic acids is 2. The van der Waals surface area contributed by atoms with Gasteiger partial charge in [0.05, 0.1) is 12.8 Å². The van der Waals surface area contributed by atoms with Crippen molar-refractivity contribution in [3.63, 3.8) is 0 Å². The lowest BCUT2D eigenvalue weighted by Crippen LogP contribution is -2.42. The minimum absolute atomic E-state index is 0.0416. The van der Waals surface area contributed by atoms with Crippen LogP contribution in [-0.2, 0) is 11.4 Å². The van der Waals surface area contributed by atoms with E-state index >= 15 is 0 Å². The van der Waals surface area contributed by atoms with Gasteiger partial charge in [0.2, 0.25) is 5.91 Å². The van der Waals surface area contributed by atoms with Crippen molar-refractivity contribution in [3.05, 3.63) is 41.7 Å². The van der Waals surface area contributed by atoms with Gasteiger partial charge >= 0.3 is 0 Å². The van der Waals surface area contributed by atoms with E-state index in [0.29, 0.717) is 42.4 Å². The molecule has 138 valence electrons. The van der Waals surface area contributed by atoms with Gasteiger partial charge in [0.15, 0.2) is 17.2 Å². The number of carbonyl (C=O) groups is 2. The third-order valence-electron chi connectivity index (χ3n) is 4.27. The molecule has 8 heteroatoms. The Labute approximate surface area is 151 Å². The minimum atomic E-state index is -0.200. The van der Waals surface area contributed by atoms with Crippen LogP contribution in [0.15, 0.2) is 30.3 Å². The molecule has 1 atom stereocenters. The van der Waals surface area contributed by atoms with Crippen LogP contribution in [0.3, 0.4) is 0 Å². The third-order valence-corrected chi connectivity index (χ3v) is 4.27. The van der Waals surface area contributed by atoms with Crippen molar-refractivity contribution in [3.8, 4) is 11.5 Å². The Morgan fingerprint density at radius 1 is 1.35 bits per heavy atom. The van der Waals surface area contributed by atoms with Gasteiger partial charge in [-0.25, -0.2) is 0 Å². The molecule has 0 radical (unpaired) electrons. The summed E-state index contributed by atoms with van der Waals surface area (Å²) in [5, 5.41) is 9.72. The lowest BCUT2D eigenvalue weighted by atomic mass is 10.2. The number of ether oxygens (including phenoxy) is 2. The highest BCUT2D eigenvalue weighted by Crippen LogP contribution is 2.26. The van der Waals surface area contributed by atoms with E-state index in [1.54, 1.807) is 18.1 Å². The fourth-order valence-corrected chi connectivity index (χ4v) is 2.79. The number of nitrogens with one attached hydrogen (secondary N) is 2. The van der Waals surface area contributed by atoms with Crippen LogP contribution >= 0.6 is 0 Å². The molecule has 2 heterocycles. The zero-order valence-corrected chi connectivity index (χ0v) is 14.8. The van der Waals surface area contributed by atoms with Crippen LogP contribution in [0.4, 0.5) is 0 Å². The van der Waals surface area contributed by atoms with Crippen LogP contribution in [0.5, 0.6) is 11.5 Å². The molecule has 1 saturated heterocycles. The van der Waals surface area contributed by atoms with E-state index in [2.05, 4.69) is 15.5 Å². The first kappa shape index (κ1) is 17.8. The first-order chi connectivity index (χ1) is 12.6. The topological polar surface area (TPSA) is 96.6 Å². The summed E-state index contributed by atoms with van der Waals surface area (Å²) in [4.78, 5) is 25.9. The molecule has 1 aromatic carbocycles. The molecule has 0 spiro atoms. The third kappa shape index (κ3) is 3.96. The second-order valence-electron chi connectivity index (χ2n) is 6.12. The van der Waals surface area contributed by atoms with E-state index in [-0.39, 0.29) is 24.5 Å². The first-order valence-corrected chi connectivity index (χ1v) is 8.46. The normalized spacial score (nSPS) is 17.4. The van der Waals surface area contributed by atoms with E-state index in [1.165, 1.54) is 0 Å². The maximum Gasteiger partial charge on any atom is 0.274 e. The second kappa shape index (κ2) is 7.90. The highest BCUT2D eigenvalue weighted by Gasteiger charge is 2.26. The van der Waals surface area contributed by atoms with Gasteiger partial charge in [-0.3, -0.25) is 14.7 Å². The summed E-state index contributed by atoms with van der Waals surface area (Å²) in [6.07, 6.45) is 0.296. The van der Waals surface area contributed by atoms with Crippen molar-refractivity contribution in [2.24, 2.45) is 0 Å². The highest BCUT2D eigenvalue weighted by molar-refractivity contribution is 5.93. The van der Waals surface area contributed by atoms with Crippen molar-refractivity contribution >= 4 is 11.8 Å². The Kier molecular flexibility index (Phi) is 5.40. The molecule has 1 unspecified atom stereocenters. The highest BCUT2D eigenvalue weighted by atomic mass is 16.5. The van der Waals surface area contributed by atoms with Crippen LogP contribution in [0, 0.1) is 0 Å². The quantitative estimate of drug-likeness (QED) is 0.841. The molecule has 1 fully saturated rings. The largest absolute Gasteiger partial charge is 0.493 e. The number of aromatic nitrogens is 2. The Balaban J connectivity index is 1.65. The number of rotatable bonds is 5. The summed E-state index contributed by atoms with van der Waals surface area (Å²) in [6.45, 7) is 2.96. The van der Waals surface area contributed by atoms with E-state index in [1.807, 2.05) is 31.2 Å². The Morgan fingerprint density at radius 3 is 2.88 bits per heavy atom. The monoisotopic (exact) mass is 358 g/mol. The number of nitrogens with zero attached hydrogens (tertiary/aromatic N) is 2. The predicted molar refractivity (Wildman–Crippen MR) is 94.0 cm³/mol. The van der Waals surface area contributed by atoms with Crippen molar-refractivity contribution in [2.75, 3.05) is 20.2 Å². The summed E-state index contributed by atoms with van der Waals surface area (Å²) in [5.41, 5.74) is 0.987. The summed E-state index contributed by atoms with van der Waals surface area (Å²) in [7, 11) is 1.58. The van der Waals surface area contributed by atoms with Crippen molar-refractivity contribution < 1.29 is 19.1 Å². The van der Waals surface area contributed by atoms with E-state index in [0.717, 1.165) is 0 Å². The van der Waals surface area contributed by atoms with Crippen LogP contribution in [0.2, 0.25) is 0 Å². The van der Waals surface area contributed by atoms with Gasteiger partial charge in [0.25, 0.3) is 5.91 Å². The van der Waals surface area contributed by atoms with Crippen molar-refractivity contribution in [1.29, 1.82) is 0 Å². The number of methoxy groups -OCH3 is 1. The van der Waals surface area contributed by atoms with Gasteiger partial charge < -0.3 is 19.7 Å². The first-order valence-electron chi connectivity index (χ1n) is 8.46. The fraction of sp³-hybridized carbons (Fsp3) is 0.389. The average molecular weight is 358 g/mol. The van der Waals surface area contributed by atoms with Crippen LogP contribution in [0.1, 0.15) is 29.5 Å². The Bertz CT molecular complexity index is 789. The SMILES string of the molecule is COc1ccccc1OCc1cc(C(=O)N2CCC(=O)NCC2C)n[nH]1. The van der Waals surface area contributed by atoms with Gasteiger partial charge in [-0.15, -0.1) is 0 Å². The lowest BCUT2D eigenvalue weighted by molar-refractivity contribution is -0.120. The smallest absolute Gasteiger partial charge is 0.274 e. The molecule has 1 aliphatic rings. The zero-order valence-electron chi connectivity index (χ0n) is 14.8. The lowest BCUT2D eigenvalue weighted by Gasteiger charge is -2.25. The molecule has 1 aliphatic heterocycles. The molecular formula is C18H22N4O4. The number of benzene rings is 1. The second-order valence-corrected chi connectivity index (χ2v) is 6.12. The molecule has 0 bridgehead atoms. The molecule has 2 aromatic rings. The Morgan fingerprint density at radius 2 is 2.12 bits per heavy atom. The summed E-state index contributed by atoms with van der Waals surface area (Å²) >= 11 is 0. The summed E-state index contributed by atoms with van der Waals surface area (Å²) < 4.78 is 11.0. The van der Waals surface area contributed by atoms with Gasteiger partial charge in [0, 0.05) is 25.6 Å². The number of H-pyrrole nitrogens is 1. The van der Waals surface area contributed by atoms with E-state index < -0.39 is 0 Å². The molecule has 1 aromatic heterocycles. The number of hydrogen-bond donors (Lipinski definition) is 2. The molecule has 0 saturated carbocycles. The maximum absolute atomic E-state index is 12.7. The molecule has 2 N–H and O–H groups in total. The molecule has 0 aliphatic carbocycles. The fourth-order valence-electron chi connectivity index (χ4n) is 2.79. The molecule has 2 amide bonds.